The predicted molar refractivity (Wildman–Crippen MR) is 231 cm³/mol. The first kappa shape index (κ1) is 51.9. The molecule has 4 N–H and O–H groups in total. The summed E-state index contributed by atoms with van der Waals surface area (Å²) in [5.74, 6) is 0. The zero-order valence-electron chi connectivity index (χ0n) is 35.7. The molecular formula is C46H100N4. The van der Waals surface area contributed by atoms with Gasteiger partial charge < -0.3 is 21.3 Å². The van der Waals surface area contributed by atoms with Crippen LogP contribution in [0.3, 0.4) is 0 Å². The molecule has 0 rings (SSSR count). The molecule has 0 aromatic carbocycles. The predicted octanol–water partition coefficient (Wildman–Crippen LogP) is 13.8. The fourth-order valence-electron chi connectivity index (χ4n) is 7.35. The van der Waals surface area contributed by atoms with Crippen molar-refractivity contribution in [1.82, 2.24) is 9.80 Å². The summed E-state index contributed by atoms with van der Waals surface area (Å²) in [6, 6.07) is 0. The second kappa shape index (κ2) is 48.8. The summed E-state index contributed by atoms with van der Waals surface area (Å²) in [6.07, 6.45) is 48.5. The maximum atomic E-state index is 5.85. The first-order chi connectivity index (χ1) is 24.8. The molecule has 0 bridgehead atoms. The van der Waals surface area contributed by atoms with Crippen molar-refractivity contribution < 1.29 is 0 Å². The normalized spacial score (nSPS) is 11.5. The molecule has 0 aliphatic rings. The fraction of sp³-hybridized carbons (Fsp3) is 1.00. The van der Waals surface area contributed by atoms with E-state index in [1.165, 1.54) is 232 Å². The van der Waals surface area contributed by atoms with Crippen LogP contribution in [0, 0.1) is 0 Å². The van der Waals surface area contributed by atoms with E-state index < -0.39 is 0 Å². The van der Waals surface area contributed by atoms with E-state index in [1.54, 1.807) is 0 Å². The van der Waals surface area contributed by atoms with Crippen molar-refractivity contribution in [2.75, 3.05) is 52.4 Å². The number of hydrogen-bond acceptors (Lipinski definition) is 4. The Hall–Kier alpha value is -0.160. The van der Waals surface area contributed by atoms with Gasteiger partial charge in [0.15, 0.2) is 0 Å². The lowest BCUT2D eigenvalue weighted by molar-refractivity contribution is 0.196. The van der Waals surface area contributed by atoms with Crippen molar-refractivity contribution in [1.29, 1.82) is 0 Å². The molecule has 0 saturated heterocycles. The molecule has 0 atom stereocenters. The first-order valence-corrected chi connectivity index (χ1v) is 23.6. The van der Waals surface area contributed by atoms with Crippen LogP contribution in [0.2, 0.25) is 0 Å². The third-order valence-electron chi connectivity index (χ3n) is 10.7. The lowest BCUT2D eigenvalue weighted by Gasteiger charge is -2.28. The summed E-state index contributed by atoms with van der Waals surface area (Å²) in [5, 5.41) is 0. The molecule has 0 heterocycles. The molecule has 4 nitrogen and oxygen atoms in total. The maximum Gasteiger partial charge on any atom is 0.0109 e. The van der Waals surface area contributed by atoms with E-state index in [9.17, 15) is 0 Å². The zero-order chi connectivity index (χ0) is 36.9. The molecule has 0 spiro atoms. The van der Waals surface area contributed by atoms with Crippen molar-refractivity contribution in [2.24, 2.45) is 11.5 Å². The van der Waals surface area contributed by atoms with Gasteiger partial charge in [-0.15, -0.1) is 0 Å². The molecule has 0 aliphatic carbocycles. The molecule has 0 saturated carbocycles. The van der Waals surface area contributed by atoms with E-state index in [2.05, 4.69) is 23.6 Å². The summed E-state index contributed by atoms with van der Waals surface area (Å²) in [6.45, 7) is 17.4. The summed E-state index contributed by atoms with van der Waals surface area (Å²) in [7, 11) is 0. The van der Waals surface area contributed by atoms with Gasteiger partial charge in [0.05, 0.1) is 0 Å². The van der Waals surface area contributed by atoms with E-state index in [0.717, 1.165) is 39.0 Å². The van der Waals surface area contributed by atoms with E-state index in [0.29, 0.717) is 0 Å². The average Bonchev–Trinajstić information content (AvgIpc) is 3.14. The number of unbranched alkanes of at least 4 members (excludes halogenated alkanes) is 30. The Morgan fingerprint density at radius 2 is 0.420 bits per heavy atom. The number of nitrogens with zero attached hydrogens (tertiary/aromatic N) is 2. The Balaban J connectivity index is 0. The standard InChI is InChI=1S/C44H94N4.C2H6/c1-3-5-7-9-11-13-15-17-19-21-23-25-27-29-31-33-39-47(43-44-48(41-35-37-45)42-36-38-46)40-34-32-30-28-26-24-22-20-18-16-14-12-10-8-6-4-2;1-2/h3-46H2,1-2H3;1-2H3. The van der Waals surface area contributed by atoms with Gasteiger partial charge in [-0.1, -0.05) is 220 Å². The van der Waals surface area contributed by atoms with Crippen LogP contribution >= 0.6 is 0 Å². The van der Waals surface area contributed by atoms with E-state index in [-0.39, 0.29) is 0 Å². The van der Waals surface area contributed by atoms with Crippen LogP contribution in [-0.4, -0.2) is 62.2 Å². The molecule has 0 radical (unpaired) electrons. The molecule has 0 aromatic rings. The molecule has 0 fully saturated rings. The molecular weight excluding hydrogens is 609 g/mol. The highest BCUT2D eigenvalue weighted by Crippen LogP contribution is 2.16. The molecule has 0 aliphatic heterocycles. The largest absolute Gasteiger partial charge is 0.330 e. The molecule has 0 amide bonds. The van der Waals surface area contributed by atoms with Crippen molar-refractivity contribution >= 4 is 0 Å². The van der Waals surface area contributed by atoms with Gasteiger partial charge in [-0.05, 0) is 65.0 Å². The minimum atomic E-state index is 0.793. The van der Waals surface area contributed by atoms with Gasteiger partial charge >= 0.3 is 0 Å². The average molecular weight is 709 g/mol. The van der Waals surface area contributed by atoms with Crippen molar-refractivity contribution in [3.05, 3.63) is 0 Å². The quantitative estimate of drug-likeness (QED) is 0.0619. The summed E-state index contributed by atoms with van der Waals surface area (Å²) in [4.78, 5) is 5.42. The monoisotopic (exact) mass is 709 g/mol. The highest BCUT2D eigenvalue weighted by Gasteiger charge is 2.09. The van der Waals surface area contributed by atoms with Gasteiger partial charge in [0, 0.05) is 13.1 Å². The van der Waals surface area contributed by atoms with Gasteiger partial charge in [-0.25, -0.2) is 0 Å². The van der Waals surface area contributed by atoms with Crippen LogP contribution in [-0.2, 0) is 0 Å². The smallest absolute Gasteiger partial charge is 0.0109 e. The molecule has 4 heteroatoms. The minimum absolute atomic E-state index is 0.793. The Morgan fingerprint density at radius 1 is 0.240 bits per heavy atom. The van der Waals surface area contributed by atoms with Crippen LogP contribution in [0.4, 0.5) is 0 Å². The van der Waals surface area contributed by atoms with Gasteiger partial charge in [0.25, 0.3) is 0 Å². The fourth-order valence-corrected chi connectivity index (χ4v) is 7.35. The maximum absolute atomic E-state index is 5.85. The highest BCUT2D eigenvalue weighted by molar-refractivity contribution is 4.66. The van der Waals surface area contributed by atoms with Crippen LogP contribution in [0.15, 0.2) is 0 Å². The van der Waals surface area contributed by atoms with Gasteiger partial charge in [-0.2, -0.15) is 0 Å². The SMILES string of the molecule is CC.CCCCCCCCCCCCCCCCCCN(CCCCCCCCCCCCCCCCCC)CCN(CCCN)CCCN. The lowest BCUT2D eigenvalue weighted by atomic mass is 10.0. The minimum Gasteiger partial charge on any atom is -0.330 e. The van der Waals surface area contributed by atoms with Crippen LogP contribution in [0.1, 0.15) is 246 Å². The molecule has 0 aromatic heterocycles. The van der Waals surface area contributed by atoms with Crippen LogP contribution in [0.25, 0.3) is 0 Å². The molecule has 50 heavy (non-hydrogen) atoms. The second-order valence-corrected chi connectivity index (χ2v) is 15.6. The Morgan fingerprint density at radius 3 is 0.620 bits per heavy atom. The van der Waals surface area contributed by atoms with E-state index >= 15 is 0 Å². The third-order valence-corrected chi connectivity index (χ3v) is 10.7. The van der Waals surface area contributed by atoms with Gasteiger partial charge in [0.1, 0.15) is 0 Å². The first-order valence-electron chi connectivity index (χ1n) is 23.6. The Kier molecular flexibility index (Phi) is 50.7. The third kappa shape index (κ3) is 44.0. The number of nitrogens with two attached hydrogens (primary N) is 2. The van der Waals surface area contributed by atoms with Gasteiger partial charge in [-0.3, -0.25) is 0 Å². The van der Waals surface area contributed by atoms with Crippen molar-refractivity contribution in [2.45, 2.75) is 246 Å². The van der Waals surface area contributed by atoms with E-state index in [1.807, 2.05) is 13.8 Å². The van der Waals surface area contributed by atoms with Crippen molar-refractivity contribution in [3.8, 4) is 0 Å². The Bertz CT molecular complexity index is 512. The summed E-state index contributed by atoms with van der Waals surface area (Å²) >= 11 is 0. The summed E-state index contributed by atoms with van der Waals surface area (Å²) < 4.78 is 0. The zero-order valence-corrected chi connectivity index (χ0v) is 35.7. The lowest BCUT2D eigenvalue weighted by Crippen LogP contribution is -2.38. The number of rotatable bonds is 43. The van der Waals surface area contributed by atoms with Crippen LogP contribution in [0.5, 0.6) is 0 Å². The highest BCUT2D eigenvalue weighted by atomic mass is 15.2. The van der Waals surface area contributed by atoms with E-state index in [4.69, 9.17) is 11.5 Å². The van der Waals surface area contributed by atoms with Crippen LogP contribution < -0.4 is 11.5 Å². The summed E-state index contributed by atoms with van der Waals surface area (Å²) in [5.41, 5.74) is 11.7. The Labute approximate surface area is 318 Å². The second-order valence-electron chi connectivity index (χ2n) is 15.6. The topological polar surface area (TPSA) is 58.5 Å². The van der Waals surface area contributed by atoms with Crippen molar-refractivity contribution in [3.63, 3.8) is 0 Å². The number of hydrogen-bond donors (Lipinski definition) is 2. The molecule has 304 valence electrons. The molecule has 0 unspecified atom stereocenters. The van der Waals surface area contributed by atoms with Gasteiger partial charge in [0.2, 0.25) is 0 Å².